The summed E-state index contributed by atoms with van der Waals surface area (Å²) < 4.78 is 28.9. The van der Waals surface area contributed by atoms with Crippen molar-refractivity contribution in [2.24, 2.45) is 0 Å². The number of nitriles is 1. The zero-order valence-electron chi connectivity index (χ0n) is 14.6. The molecule has 0 atom stereocenters. The molecule has 0 aliphatic rings. The van der Waals surface area contributed by atoms with Gasteiger partial charge in [0.15, 0.2) is 0 Å². The normalized spacial score (nSPS) is 10.4. The van der Waals surface area contributed by atoms with Crippen LogP contribution in [0.15, 0.2) is 55.0 Å². The van der Waals surface area contributed by atoms with Gasteiger partial charge in [0, 0.05) is 24.3 Å². The summed E-state index contributed by atoms with van der Waals surface area (Å²) in [5.74, 6) is -1.24. The van der Waals surface area contributed by atoms with Gasteiger partial charge in [0.1, 0.15) is 17.3 Å². The standard InChI is InChI=1S/C20H16F2N4O/c1-2-25(12-15-4-3-14(10-23)9-18(15)22)20(27)19-11-24-13-26(19)17-7-5-16(21)6-8-17/h3-9,11,13H,2,12H2,1H3. The van der Waals surface area contributed by atoms with Gasteiger partial charge >= 0.3 is 0 Å². The zero-order chi connectivity index (χ0) is 19.4. The molecule has 3 rings (SSSR count). The lowest BCUT2D eigenvalue weighted by atomic mass is 10.1. The number of hydrogen-bond donors (Lipinski definition) is 0. The van der Waals surface area contributed by atoms with E-state index in [2.05, 4.69) is 4.98 Å². The molecule has 3 aromatic rings. The molecule has 0 saturated carbocycles. The highest BCUT2D eigenvalue weighted by Gasteiger charge is 2.20. The molecule has 7 heteroatoms. The van der Waals surface area contributed by atoms with E-state index in [1.165, 1.54) is 41.7 Å². The van der Waals surface area contributed by atoms with Gasteiger partial charge in [0.25, 0.3) is 5.91 Å². The molecular weight excluding hydrogens is 350 g/mol. The van der Waals surface area contributed by atoms with Gasteiger partial charge in [-0.25, -0.2) is 13.8 Å². The smallest absolute Gasteiger partial charge is 0.272 e. The van der Waals surface area contributed by atoms with Crippen LogP contribution in [0.2, 0.25) is 0 Å². The van der Waals surface area contributed by atoms with Crippen LogP contribution >= 0.6 is 0 Å². The minimum absolute atomic E-state index is 0.0570. The maximum atomic E-state index is 14.2. The molecular formula is C20H16F2N4O. The average Bonchev–Trinajstić information content (AvgIpc) is 3.17. The van der Waals surface area contributed by atoms with Gasteiger partial charge in [0.2, 0.25) is 0 Å². The third kappa shape index (κ3) is 3.85. The summed E-state index contributed by atoms with van der Waals surface area (Å²) in [5, 5.41) is 8.84. The highest BCUT2D eigenvalue weighted by Crippen LogP contribution is 2.17. The Balaban J connectivity index is 1.87. The molecule has 0 aliphatic heterocycles. The number of benzene rings is 2. The van der Waals surface area contributed by atoms with E-state index < -0.39 is 5.82 Å². The molecule has 2 aromatic carbocycles. The summed E-state index contributed by atoms with van der Waals surface area (Å²) in [6, 6.07) is 11.7. The quantitative estimate of drug-likeness (QED) is 0.692. The molecule has 27 heavy (non-hydrogen) atoms. The summed E-state index contributed by atoms with van der Waals surface area (Å²) in [5.41, 5.74) is 1.42. The van der Waals surface area contributed by atoms with Gasteiger partial charge in [-0.3, -0.25) is 9.36 Å². The fourth-order valence-electron chi connectivity index (χ4n) is 2.70. The Kier molecular flexibility index (Phi) is 5.27. The van der Waals surface area contributed by atoms with E-state index in [0.29, 0.717) is 17.8 Å². The van der Waals surface area contributed by atoms with Gasteiger partial charge in [0.05, 0.1) is 24.2 Å². The number of imidazole rings is 1. The van der Waals surface area contributed by atoms with Crippen LogP contribution in [0, 0.1) is 23.0 Å². The third-order valence-corrected chi connectivity index (χ3v) is 4.17. The molecule has 1 heterocycles. The SMILES string of the molecule is CCN(Cc1ccc(C#N)cc1F)C(=O)c1cncn1-c1ccc(F)cc1. The first-order valence-electron chi connectivity index (χ1n) is 8.29. The first kappa shape index (κ1) is 18.3. The van der Waals surface area contributed by atoms with Crippen molar-refractivity contribution < 1.29 is 13.6 Å². The van der Waals surface area contributed by atoms with Crippen LogP contribution in [0.5, 0.6) is 0 Å². The summed E-state index contributed by atoms with van der Waals surface area (Å²) >= 11 is 0. The third-order valence-electron chi connectivity index (χ3n) is 4.17. The van der Waals surface area contributed by atoms with Crippen molar-refractivity contribution in [1.29, 1.82) is 5.26 Å². The highest BCUT2D eigenvalue weighted by molar-refractivity contribution is 5.93. The number of aromatic nitrogens is 2. The molecule has 5 nitrogen and oxygen atoms in total. The van der Waals surface area contributed by atoms with Crippen LogP contribution < -0.4 is 0 Å². The molecule has 1 aromatic heterocycles. The number of rotatable bonds is 5. The van der Waals surface area contributed by atoms with Crippen molar-refractivity contribution in [3.05, 3.63) is 83.4 Å². The topological polar surface area (TPSA) is 61.9 Å². The Hall–Kier alpha value is -3.53. The van der Waals surface area contributed by atoms with Gasteiger partial charge in [-0.15, -0.1) is 0 Å². The van der Waals surface area contributed by atoms with Gasteiger partial charge in [-0.1, -0.05) is 6.07 Å². The molecule has 0 unspecified atom stereocenters. The molecule has 0 spiro atoms. The molecule has 0 aliphatic carbocycles. The Morgan fingerprint density at radius 2 is 1.96 bits per heavy atom. The summed E-state index contributed by atoms with van der Waals surface area (Å²) in [6.07, 6.45) is 2.89. The van der Waals surface area contributed by atoms with Crippen LogP contribution in [0.1, 0.15) is 28.5 Å². The molecule has 136 valence electrons. The van der Waals surface area contributed by atoms with Gasteiger partial charge < -0.3 is 4.90 Å². The number of nitrogens with zero attached hydrogens (tertiary/aromatic N) is 4. The monoisotopic (exact) mass is 366 g/mol. The van der Waals surface area contributed by atoms with E-state index in [1.54, 1.807) is 23.6 Å². The van der Waals surface area contributed by atoms with Gasteiger partial charge in [-0.2, -0.15) is 5.26 Å². The lowest BCUT2D eigenvalue weighted by Crippen LogP contribution is -2.32. The Morgan fingerprint density at radius 1 is 1.22 bits per heavy atom. The Morgan fingerprint density at radius 3 is 2.59 bits per heavy atom. The average molecular weight is 366 g/mol. The van der Waals surface area contributed by atoms with Gasteiger partial charge in [-0.05, 0) is 43.3 Å². The Labute approximate surface area is 155 Å². The van der Waals surface area contributed by atoms with E-state index in [-0.39, 0.29) is 29.5 Å². The summed E-state index contributed by atoms with van der Waals surface area (Å²) in [7, 11) is 0. The second-order valence-electron chi connectivity index (χ2n) is 5.86. The molecule has 0 saturated heterocycles. The van der Waals surface area contributed by atoms with E-state index in [1.807, 2.05) is 6.07 Å². The maximum absolute atomic E-state index is 14.2. The van der Waals surface area contributed by atoms with Crippen LogP contribution in [0.4, 0.5) is 8.78 Å². The van der Waals surface area contributed by atoms with Crippen molar-refractivity contribution in [1.82, 2.24) is 14.5 Å². The van der Waals surface area contributed by atoms with Crippen molar-refractivity contribution in [2.75, 3.05) is 6.54 Å². The van der Waals surface area contributed by atoms with Crippen molar-refractivity contribution in [3.63, 3.8) is 0 Å². The molecule has 0 fully saturated rings. The first-order chi connectivity index (χ1) is 13.0. The van der Waals surface area contributed by atoms with E-state index in [0.717, 1.165) is 6.07 Å². The lowest BCUT2D eigenvalue weighted by molar-refractivity contribution is 0.0743. The molecule has 1 amide bonds. The van der Waals surface area contributed by atoms with E-state index in [4.69, 9.17) is 5.26 Å². The minimum atomic E-state index is -0.535. The minimum Gasteiger partial charge on any atom is -0.333 e. The Bertz CT molecular complexity index is 1010. The van der Waals surface area contributed by atoms with Crippen LogP contribution in [-0.4, -0.2) is 26.9 Å². The van der Waals surface area contributed by atoms with Crippen molar-refractivity contribution >= 4 is 5.91 Å². The first-order valence-corrected chi connectivity index (χ1v) is 8.29. The largest absolute Gasteiger partial charge is 0.333 e. The van der Waals surface area contributed by atoms with Crippen molar-refractivity contribution in [3.8, 4) is 11.8 Å². The van der Waals surface area contributed by atoms with Crippen LogP contribution in [-0.2, 0) is 6.54 Å². The fraction of sp³-hybridized carbons (Fsp3) is 0.150. The zero-order valence-corrected chi connectivity index (χ0v) is 14.6. The molecule has 0 bridgehead atoms. The van der Waals surface area contributed by atoms with E-state index in [9.17, 15) is 13.6 Å². The maximum Gasteiger partial charge on any atom is 0.272 e. The number of carbonyl (C=O) groups is 1. The second-order valence-corrected chi connectivity index (χ2v) is 5.86. The number of hydrogen-bond acceptors (Lipinski definition) is 3. The van der Waals surface area contributed by atoms with Crippen LogP contribution in [0.3, 0.4) is 0 Å². The molecule has 0 radical (unpaired) electrons. The lowest BCUT2D eigenvalue weighted by Gasteiger charge is -2.22. The van der Waals surface area contributed by atoms with E-state index >= 15 is 0 Å². The number of halogens is 2. The second kappa shape index (κ2) is 7.79. The van der Waals surface area contributed by atoms with Crippen molar-refractivity contribution in [2.45, 2.75) is 13.5 Å². The number of amides is 1. The summed E-state index contributed by atoms with van der Waals surface area (Å²) in [6.45, 7) is 2.20. The highest BCUT2D eigenvalue weighted by atomic mass is 19.1. The molecule has 0 N–H and O–H groups in total. The van der Waals surface area contributed by atoms with Crippen LogP contribution in [0.25, 0.3) is 5.69 Å². The number of carbonyl (C=O) groups excluding carboxylic acids is 1. The predicted octanol–water partition coefficient (Wildman–Crippen LogP) is 3.68. The summed E-state index contributed by atoms with van der Waals surface area (Å²) in [4.78, 5) is 18.4. The fourth-order valence-corrected chi connectivity index (χ4v) is 2.70. The predicted molar refractivity (Wildman–Crippen MR) is 95.1 cm³/mol.